The van der Waals surface area contributed by atoms with Gasteiger partial charge in [-0.25, -0.2) is 4.79 Å². The minimum Gasteiger partial charge on any atom is -0.419 e. The van der Waals surface area contributed by atoms with Gasteiger partial charge in [0.05, 0.1) is 5.02 Å². The van der Waals surface area contributed by atoms with Gasteiger partial charge in [0.2, 0.25) is 5.78 Å². The Hall–Kier alpha value is -1.35. The Kier molecular flexibility index (Phi) is 3.03. The predicted octanol–water partition coefficient (Wildman–Crippen LogP) is 1.83. The van der Waals surface area contributed by atoms with Crippen molar-refractivity contribution in [2.75, 3.05) is 0 Å². The molecule has 1 rings (SSSR count). The van der Waals surface area contributed by atoms with Crippen molar-refractivity contribution in [3.63, 3.8) is 0 Å². The van der Waals surface area contributed by atoms with Crippen LogP contribution in [0.5, 0.6) is 5.75 Å². The molecule has 0 atom stereocenters. The van der Waals surface area contributed by atoms with E-state index in [9.17, 15) is 9.59 Å². The third kappa shape index (κ3) is 2.56. The lowest BCUT2D eigenvalue weighted by molar-refractivity contribution is -0.146. The minimum atomic E-state index is -0.909. The Balaban J connectivity index is 2.81. The van der Waals surface area contributed by atoms with Gasteiger partial charge in [0, 0.05) is 6.92 Å². The first-order chi connectivity index (χ1) is 6.11. The summed E-state index contributed by atoms with van der Waals surface area (Å²) in [7, 11) is 0. The van der Waals surface area contributed by atoms with E-state index >= 15 is 0 Å². The topological polar surface area (TPSA) is 43.4 Å². The van der Waals surface area contributed by atoms with Crippen LogP contribution >= 0.6 is 11.6 Å². The highest BCUT2D eigenvalue weighted by molar-refractivity contribution is 6.35. The van der Waals surface area contributed by atoms with E-state index < -0.39 is 11.8 Å². The second-order valence-electron chi connectivity index (χ2n) is 2.38. The number of ether oxygens (including phenoxy) is 1. The summed E-state index contributed by atoms with van der Waals surface area (Å²) in [6.45, 7) is 1.14. The molecule has 13 heavy (non-hydrogen) atoms. The Bertz CT molecular complexity index is 346. The molecular weight excluding hydrogens is 192 g/mol. The summed E-state index contributed by atoms with van der Waals surface area (Å²) in [5, 5.41) is 0.303. The van der Waals surface area contributed by atoms with Crippen molar-refractivity contribution in [1.29, 1.82) is 0 Å². The van der Waals surface area contributed by atoms with Crippen molar-refractivity contribution in [2.24, 2.45) is 0 Å². The van der Waals surface area contributed by atoms with Crippen LogP contribution in [0, 0.1) is 0 Å². The zero-order valence-electron chi connectivity index (χ0n) is 6.91. The number of carbonyl (C=O) groups excluding carboxylic acids is 2. The Morgan fingerprint density at radius 3 is 2.46 bits per heavy atom. The van der Waals surface area contributed by atoms with Gasteiger partial charge in [0.1, 0.15) is 5.75 Å². The van der Waals surface area contributed by atoms with Crippen molar-refractivity contribution in [3.8, 4) is 5.75 Å². The van der Waals surface area contributed by atoms with Gasteiger partial charge in [0.15, 0.2) is 0 Å². The standard InChI is InChI=1S/C9H7ClO3/c1-6(11)9(12)13-8-5-3-2-4-7(8)10/h2-5H,1H3. The smallest absolute Gasteiger partial charge is 0.379 e. The van der Waals surface area contributed by atoms with Crippen molar-refractivity contribution in [2.45, 2.75) is 6.92 Å². The molecule has 1 aromatic carbocycles. The molecule has 0 N–H and O–H groups in total. The summed E-state index contributed by atoms with van der Waals surface area (Å²) < 4.78 is 4.69. The molecule has 0 aliphatic rings. The zero-order valence-corrected chi connectivity index (χ0v) is 7.67. The van der Waals surface area contributed by atoms with E-state index in [-0.39, 0.29) is 5.75 Å². The van der Waals surface area contributed by atoms with Crippen molar-refractivity contribution in [1.82, 2.24) is 0 Å². The maximum Gasteiger partial charge on any atom is 0.379 e. The van der Waals surface area contributed by atoms with Gasteiger partial charge < -0.3 is 4.74 Å². The number of ketones is 1. The molecule has 0 aliphatic carbocycles. The highest BCUT2D eigenvalue weighted by Gasteiger charge is 2.11. The third-order valence-electron chi connectivity index (χ3n) is 1.33. The summed E-state index contributed by atoms with van der Waals surface area (Å²) in [5.41, 5.74) is 0. The molecule has 0 amide bonds. The second-order valence-corrected chi connectivity index (χ2v) is 2.78. The molecule has 0 unspecified atom stereocenters. The van der Waals surface area contributed by atoms with Gasteiger partial charge in [-0.3, -0.25) is 4.79 Å². The first-order valence-corrected chi connectivity index (χ1v) is 3.96. The van der Waals surface area contributed by atoms with Crippen molar-refractivity contribution in [3.05, 3.63) is 29.3 Å². The van der Waals surface area contributed by atoms with Crippen LogP contribution in [-0.2, 0) is 9.59 Å². The minimum absolute atomic E-state index is 0.198. The maximum absolute atomic E-state index is 10.8. The van der Waals surface area contributed by atoms with Crippen LogP contribution in [0.4, 0.5) is 0 Å². The van der Waals surface area contributed by atoms with Crippen LogP contribution in [0.1, 0.15) is 6.92 Å². The first-order valence-electron chi connectivity index (χ1n) is 3.58. The summed E-state index contributed by atoms with van der Waals surface area (Å²) >= 11 is 5.68. The number of halogens is 1. The lowest BCUT2D eigenvalue weighted by atomic mass is 10.3. The second kappa shape index (κ2) is 4.05. The molecule has 0 saturated heterocycles. The van der Waals surface area contributed by atoms with E-state index in [0.29, 0.717) is 5.02 Å². The summed E-state index contributed by atoms with van der Waals surface area (Å²) in [5.74, 6) is -1.36. The number of esters is 1. The first kappa shape index (κ1) is 9.74. The van der Waals surface area contributed by atoms with Gasteiger partial charge in [-0.05, 0) is 12.1 Å². The van der Waals surface area contributed by atoms with Gasteiger partial charge in [0.25, 0.3) is 0 Å². The Morgan fingerprint density at radius 2 is 1.92 bits per heavy atom. The number of Topliss-reactive ketones (excluding diaryl/α,β-unsaturated/α-hetero) is 1. The van der Waals surface area contributed by atoms with Crippen LogP contribution in [0.25, 0.3) is 0 Å². The number of hydrogen-bond acceptors (Lipinski definition) is 3. The van der Waals surface area contributed by atoms with Crippen LogP contribution in [0.2, 0.25) is 5.02 Å². The average Bonchev–Trinajstić information content (AvgIpc) is 2.08. The molecule has 0 aromatic heterocycles. The summed E-state index contributed by atoms with van der Waals surface area (Å²) in [6.07, 6.45) is 0. The third-order valence-corrected chi connectivity index (χ3v) is 1.64. The van der Waals surface area contributed by atoms with E-state index in [2.05, 4.69) is 4.74 Å². The largest absolute Gasteiger partial charge is 0.419 e. The van der Waals surface area contributed by atoms with Gasteiger partial charge >= 0.3 is 5.97 Å². The number of para-hydroxylation sites is 1. The molecule has 0 spiro atoms. The molecule has 0 saturated carbocycles. The zero-order chi connectivity index (χ0) is 9.84. The highest BCUT2D eigenvalue weighted by Crippen LogP contribution is 2.22. The molecule has 0 aliphatic heterocycles. The van der Waals surface area contributed by atoms with Crippen LogP contribution in [0.15, 0.2) is 24.3 Å². The van der Waals surface area contributed by atoms with Crippen molar-refractivity contribution >= 4 is 23.4 Å². The molecule has 68 valence electrons. The fourth-order valence-electron chi connectivity index (χ4n) is 0.699. The quantitative estimate of drug-likeness (QED) is 0.414. The van der Waals surface area contributed by atoms with E-state index in [4.69, 9.17) is 11.6 Å². The van der Waals surface area contributed by atoms with E-state index in [1.165, 1.54) is 6.07 Å². The average molecular weight is 199 g/mol. The van der Waals surface area contributed by atoms with Crippen LogP contribution < -0.4 is 4.74 Å². The fraction of sp³-hybridized carbons (Fsp3) is 0.111. The maximum atomic E-state index is 10.8. The predicted molar refractivity (Wildman–Crippen MR) is 47.8 cm³/mol. The summed E-state index contributed by atoms with van der Waals surface area (Å²) in [4.78, 5) is 21.4. The van der Waals surface area contributed by atoms with Crippen molar-refractivity contribution < 1.29 is 14.3 Å². The van der Waals surface area contributed by atoms with Crippen LogP contribution in [0.3, 0.4) is 0 Å². The van der Waals surface area contributed by atoms with E-state index in [1.54, 1.807) is 18.2 Å². The molecule has 0 bridgehead atoms. The SMILES string of the molecule is CC(=O)C(=O)Oc1ccccc1Cl. The van der Waals surface area contributed by atoms with E-state index in [1.807, 2.05) is 0 Å². The molecule has 3 nitrogen and oxygen atoms in total. The number of benzene rings is 1. The Labute approximate surface area is 80.3 Å². The molecule has 0 fully saturated rings. The van der Waals surface area contributed by atoms with Gasteiger partial charge in [-0.1, -0.05) is 23.7 Å². The molecule has 4 heteroatoms. The fourth-order valence-corrected chi connectivity index (χ4v) is 0.874. The number of hydrogen-bond donors (Lipinski definition) is 0. The number of carbonyl (C=O) groups is 2. The van der Waals surface area contributed by atoms with Gasteiger partial charge in [-0.2, -0.15) is 0 Å². The monoisotopic (exact) mass is 198 g/mol. The summed E-state index contributed by atoms with van der Waals surface area (Å²) in [6, 6.07) is 6.45. The van der Waals surface area contributed by atoms with Crippen LogP contribution in [-0.4, -0.2) is 11.8 Å². The lowest BCUT2D eigenvalue weighted by Crippen LogP contribution is -2.16. The highest BCUT2D eigenvalue weighted by atomic mass is 35.5. The normalized spacial score (nSPS) is 9.38. The molecule has 0 heterocycles. The van der Waals surface area contributed by atoms with Gasteiger partial charge in [-0.15, -0.1) is 0 Å². The molecule has 0 radical (unpaired) electrons. The lowest BCUT2D eigenvalue weighted by Gasteiger charge is -2.02. The molecule has 1 aromatic rings. The number of rotatable bonds is 2. The Morgan fingerprint density at radius 1 is 1.31 bits per heavy atom. The molecular formula is C9H7ClO3. The van der Waals surface area contributed by atoms with E-state index in [0.717, 1.165) is 6.92 Å².